The molecule has 0 radical (unpaired) electrons. The molecule has 1 unspecified atom stereocenters. The second-order valence-electron chi connectivity index (χ2n) is 22.6. The van der Waals surface area contributed by atoms with Crippen LogP contribution in [0.4, 0.5) is 85.3 Å². The van der Waals surface area contributed by atoms with Crippen LogP contribution in [0.3, 0.4) is 0 Å². The minimum absolute atomic E-state index is 0.188. The number of ether oxygens (including phenoxy) is 1. The van der Waals surface area contributed by atoms with Gasteiger partial charge in [-0.3, -0.25) is 0 Å². The summed E-state index contributed by atoms with van der Waals surface area (Å²) < 4.78 is 7.28. The van der Waals surface area contributed by atoms with Crippen molar-refractivity contribution in [3.8, 4) is 22.6 Å². The molecule has 408 valence electrons. The fourth-order valence-corrected chi connectivity index (χ4v) is 14.6. The zero-order valence-corrected chi connectivity index (χ0v) is 48.6. The van der Waals surface area contributed by atoms with Gasteiger partial charge in [0.25, 0.3) is 13.4 Å². The van der Waals surface area contributed by atoms with Crippen LogP contribution in [0.2, 0.25) is 0 Å². The summed E-state index contributed by atoms with van der Waals surface area (Å²) in [6, 6.07) is 115. The van der Waals surface area contributed by atoms with Crippen LogP contribution < -0.4 is 67.3 Å². The molecule has 0 bridgehead atoms. The van der Waals surface area contributed by atoms with Gasteiger partial charge >= 0.3 is 0 Å². The van der Waals surface area contributed by atoms with Crippen molar-refractivity contribution in [2.75, 3.05) is 24.5 Å². The Morgan fingerprint density at radius 1 is 0.287 bits per heavy atom. The highest BCUT2D eigenvalue weighted by Crippen LogP contribution is 2.52. The number of hydrogen-bond donors (Lipinski definition) is 0. The molecule has 87 heavy (non-hydrogen) atoms. The van der Waals surface area contributed by atoms with E-state index in [1.54, 1.807) is 0 Å². The first kappa shape index (κ1) is 50.7. The lowest BCUT2D eigenvalue weighted by Crippen LogP contribution is -2.64. The first-order chi connectivity index (χ1) is 43.1. The van der Waals surface area contributed by atoms with E-state index in [4.69, 9.17) is 4.74 Å². The van der Waals surface area contributed by atoms with Crippen LogP contribution in [-0.4, -0.2) is 13.4 Å². The summed E-state index contributed by atoms with van der Waals surface area (Å²) >= 11 is 0. The first-order valence-electron chi connectivity index (χ1n) is 29.8. The summed E-state index contributed by atoms with van der Waals surface area (Å²) in [6.45, 7) is -0.379. The highest BCUT2D eigenvalue weighted by atomic mass is 31.0. The average Bonchev–Trinajstić information content (AvgIpc) is 0.752. The molecule has 13 aromatic carbocycles. The van der Waals surface area contributed by atoms with Gasteiger partial charge in [0.2, 0.25) is 0 Å². The van der Waals surface area contributed by atoms with E-state index in [0.29, 0.717) is 0 Å². The third kappa shape index (κ3) is 8.24. The normalized spacial score (nSPS) is 12.9. The van der Waals surface area contributed by atoms with Crippen molar-refractivity contribution in [2.24, 2.45) is 0 Å². The van der Waals surface area contributed by atoms with Gasteiger partial charge in [-0.15, -0.1) is 9.24 Å². The zero-order chi connectivity index (χ0) is 57.5. The number of benzene rings is 13. The molecule has 0 saturated carbocycles. The monoisotopic (exact) mass is 1130 g/mol. The van der Waals surface area contributed by atoms with Gasteiger partial charge in [-0.2, -0.15) is 0 Å². The second kappa shape index (κ2) is 20.8. The maximum absolute atomic E-state index is 7.28. The van der Waals surface area contributed by atoms with Crippen LogP contribution >= 0.6 is 9.24 Å². The van der Waals surface area contributed by atoms with Crippen molar-refractivity contribution in [3.05, 3.63) is 315 Å². The number of fused-ring (bicyclic) bond motifs is 8. The molecule has 9 heteroatoms. The fourth-order valence-electron chi connectivity index (χ4n) is 14.2. The van der Waals surface area contributed by atoms with E-state index < -0.39 is 0 Å². The van der Waals surface area contributed by atoms with Gasteiger partial charge < -0.3 is 29.2 Å². The van der Waals surface area contributed by atoms with E-state index in [2.05, 4.69) is 349 Å². The summed E-state index contributed by atoms with van der Waals surface area (Å²) in [4.78, 5) is 12.4. The maximum atomic E-state index is 7.28. The lowest BCUT2D eigenvalue weighted by atomic mass is 9.30. The molecule has 0 amide bonds. The Hall–Kier alpha value is -10.8. The molecule has 0 aliphatic carbocycles. The molecule has 4 aliphatic heterocycles. The number of para-hydroxylation sites is 9. The van der Waals surface area contributed by atoms with Gasteiger partial charge in [0.05, 0.1) is 17.1 Å². The maximum Gasteiger partial charge on any atom is 0.256 e. The van der Waals surface area contributed by atoms with Gasteiger partial charge in [-0.25, -0.2) is 0 Å². The van der Waals surface area contributed by atoms with Crippen LogP contribution in [0.25, 0.3) is 11.1 Å². The third-order valence-corrected chi connectivity index (χ3v) is 18.2. The molecule has 4 heterocycles. The molecule has 0 saturated heterocycles. The third-order valence-electron chi connectivity index (χ3n) is 17.7. The second-order valence-corrected chi connectivity index (χ2v) is 23.2. The van der Waals surface area contributed by atoms with Crippen LogP contribution in [0.1, 0.15) is 0 Å². The molecule has 1 atom stereocenters. The molecule has 4 aliphatic rings. The predicted octanol–water partition coefficient (Wildman–Crippen LogP) is 16.3. The largest absolute Gasteiger partial charge is 0.458 e. The zero-order valence-electron chi connectivity index (χ0n) is 47.4. The van der Waals surface area contributed by atoms with Gasteiger partial charge in [-0.05, 0) is 153 Å². The smallest absolute Gasteiger partial charge is 0.256 e. The first-order valence-corrected chi connectivity index (χ1v) is 30.3. The topological polar surface area (TPSA) is 25.4 Å². The summed E-state index contributed by atoms with van der Waals surface area (Å²) in [6.07, 6.45) is 0. The molecule has 0 spiro atoms. The van der Waals surface area contributed by atoms with E-state index in [1.165, 1.54) is 21.9 Å². The van der Waals surface area contributed by atoms with Crippen LogP contribution in [0.5, 0.6) is 11.5 Å². The van der Waals surface area contributed by atoms with E-state index in [9.17, 15) is 0 Å². The lowest BCUT2D eigenvalue weighted by molar-refractivity contribution is 0.487. The molecule has 0 N–H and O–H groups in total. The number of anilines is 15. The number of hydrogen-bond acceptors (Lipinski definition) is 6. The highest BCUT2D eigenvalue weighted by Gasteiger charge is 2.49. The van der Waals surface area contributed by atoms with E-state index >= 15 is 0 Å². The molecule has 17 rings (SSSR count). The van der Waals surface area contributed by atoms with Gasteiger partial charge in [0, 0.05) is 79.9 Å². The van der Waals surface area contributed by atoms with Crippen LogP contribution in [0, 0.1) is 0 Å². The summed E-state index contributed by atoms with van der Waals surface area (Å²) in [5, 5.41) is 1.08. The Labute approximate surface area is 510 Å². The van der Waals surface area contributed by atoms with Crippen molar-refractivity contribution < 1.29 is 4.74 Å². The summed E-state index contributed by atoms with van der Waals surface area (Å²) in [7, 11) is 3.19. The fraction of sp³-hybridized carbons (Fsp3) is 0. The van der Waals surface area contributed by atoms with Crippen molar-refractivity contribution in [3.63, 3.8) is 0 Å². The average molecular weight is 1130 g/mol. The standard InChI is InChI=1S/C78H54B2N5OP/c87-75-46-26-41-62(53-27-8-1-9-28-53)78(75)85-69-52-68-65(80-64-43-23-25-45-73(64)86-74-50-61(49-72(77(74)80)84(68)59-39-20-7-21-40-59)82(56-33-14-4-15-34-56)57-35-16-5-17-36-57)51-66(69)79-63-42-22-24-44-67(63)83(58-37-18-6-19-38-58)70-47-60(48-71(85)76(70)79)81(54-29-10-2-11-30-54)55-31-12-3-13-32-55/h1-52H,87H2. The lowest BCUT2D eigenvalue weighted by Gasteiger charge is -2.47. The van der Waals surface area contributed by atoms with Crippen LogP contribution in [-0.2, 0) is 0 Å². The molecule has 13 aromatic rings. The minimum Gasteiger partial charge on any atom is -0.458 e. The van der Waals surface area contributed by atoms with Gasteiger partial charge in [0.1, 0.15) is 11.5 Å². The quantitative estimate of drug-likeness (QED) is 0.1000. The van der Waals surface area contributed by atoms with Crippen molar-refractivity contribution in [2.45, 2.75) is 0 Å². The predicted molar refractivity (Wildman–Crippen MR) is 370 cm³/mol. The Bertz CT molecular complexity index is 4700. The Kier molecular flexibility index (Phi) is 12.1. The summed E-state index contributed by atoms with van der Waals surface area (Å²) in [5.41, 5.74) is 25.6. The Balaban J connectivity index is 1.01. The van der Waals surface area contributed by atoms with Gasteiger partial charge in [0.15, 0.2) is 0 Å². The summed E-state index contributed by atoms with van der Waals surface area (Å²) in [5.74, 6) is 1.69. The Morgan fingerprint density at radius 2 is 0.713 bits per heavy atom. The van der Waals surface area contributed by atoms with E-state index in [1.807, 2.05) is 0 Å². The van der Waals surface area contributed by atoms with Crippen LogP contribution in [0.15, 0.2) is 315 Å². The molecule has 0 fully saturated rings. The molecular weight excluding hydrogens is 1080 g/mol. The SMILES string of the molecule is Pc1cccc(-c2ccccc2)c1N1c2cc3c(cc2B2c4ccccc4N(c4ccccc4)c4cc(N(c5ccccc5)c5ccccc5)cc1c42)B1c2ccccc2Oc2cc(N(c4ccccc4)c4ccccc4)cc(c21)N3c1ccccc1. The minimum atomic E-state index is -0.190. The van der Waals surface area contributed by atoms with E-state index in [0.717, 1.165) is 124 Å². The number of rotatable bonds is 10. The van der Waals surface area contributed by atoms with E-state index in [-0.39, 0.29) is 13.4 Å². The van der Waals surface area contributed by atoms with Crippen molar-refractivity contribution in [1.29, 1.82) is 0 Å². The highest BCUT2D eigenvalue weighted by molar-refractivity contribution is 7.28. The molecular formula is C78H54B2N5OP. The van der Waals surface area contributed by atoms with Crippen molar-refractivity contribution >= 4 is 146 Å². The molecule has 0 aromatic heterocycles. The Morgan fingerprint density at radius 3 is 1.28 bits per heavy atom. The molecule has 6 nitrogen and oxygen atoms in total. The number of nitrogens with zero attached hydrogens (tertiary/aromatic N) is 5. The van der Waals surface area contributed by atoms with Gasteiger partial charge in [-0.1, -0.05) is 200 Å². The van der Waals surface area contributed by atoms with Crippen molar-refractivity contribution in [1.82, 2.24) is 0 Å².